The minimum Gasteiger partial charge on any atom is -0.379 e. The van der Waals surface area contributed by atoms with E-state index < -0.39 is 0 Å². The van der Waals surface area contributed by atoms with Crippen LogP contribution in [0.3, 0.4) is 0 Å². The monoisotopic (exact) mass is 199 g/mol. The van der Waals surface area contributed by atoms with Crippen LogP contribution >= 0.6 is 0 Å². The second-order valence-electron chi connectivity index (χ2n) is 4.55. The maximum absolute atomic E-state index is 5.81. The molecule has 0 aromatic heterocycles. The second-order valence-corrected chi connectivity index (χ2v) is 4.55. The van der Waals surface area contributed by atoms with Gasteiger partial charge in [0.1, 0.15) is 0 Å². The molecule has 2 aliphatic rings. The first-order chi connectivity index (χ1) is 6.84. The van der Waals surface area contributed by atoms with Crippen LogP contribution in [0.5, 0.6) is 0 Å². The molecule has 0 aromatic carbocycles. The predicted octanol–water partition coefficient (Wildman–Crippen LogP) is 1.13. The standard InChI is InChI=1S/C11H21NO2/c1-10-2-3-11(14-9-10)8-12-4-6-13-7-5-12/h10-11H,2-9H2,1H3. The van der Waals surface area contributed by atoms with Crippen LogP contribution in [0.25, 0.3) is 0 Å². The average molecular weight is 199 g/mol. The maximum Gasteiger partial charge on any atom is 0.0702 e. The third-order valence-corrected chi connectivity index (χ3v) is 3.16. The molecule has 0 spiro atoms. The summed E-state index contributed by atoms with van der Waals surface area (Å²) in [6, 6.07) is 0. The van der Waals surface area contributed by atoms with Crippen molar-refractivity contribution in [3.05, 3.63) is 0 Å². The SMILES string of the molecule is CC1CCC(CN2CCOCC2)OC1. The van der Waals surface area contributed by atoms with Crippen molar-refractivity contribution in [2.45, 2.75) is 25.9 Å². The first kappa shape index (κ1) is 10.4. The van der Waals surface area contributed by atoms with E-state index in [0.717, 1.165) is 45.4 Å². The van der Waals surface area contributed by atoms with Crippen LogP contribution in [-0.4, -0.2) is 50.5 Å². The normalized spacial score (nSPS) is 35.8. The molecule has 2 aliphatic heterocycles. The average Bonchev–Trinajstić information content (AvgIpc) is 2.23. The quantitative estimate of drug-likeness (QED) is 0.665. The first-order valence-corrected chi connectivity index (χ1v) is 5.76. The van der Waals surface area contributed by atoms with Gasteiger partial charge in [0, 0.05) is 26.2 Å². The fourth-order valence-corrected chi connectivity index (χ4v) is 2.15. The molecular weight excluding hydrogens is 178 g/mol. The number of nitrogens with zero attached hydrogens (tertiary/aromatic N) is 1. The first-order valence-electron chi connectivity index (χ1n) is 5.76. The van der Waals surface area contributed by atoms with Crippen molar-refractivity contribution in [2.75, 3.05) is 39.5 Å². The van der Waals surface area contributed by atoms with E-state index in [2.05, 4.69) is 11.8 Å². The minimum absolute atomic E-state index is 0.476. The van der Waals surface area contributed by atoms with Gasteiger partial charge in [-0.25, -0.2) is 0 Å². The van der Waals surface area contributed by atoms with Gasteiger partial charge in [-0.1, -0.05) is 6.92 Å². The van der Waals surface area contributed by atoms with Crippen LogP contribution in [0.15, 0.2) is 0 Å². The third kappa shape index (κ3) is 2.94. The number of hydrogen-bond donors (Lipinski definition) is 0. The molecule has 2 rings (SSSR count). The van der Waals surface area contributed by atoms with Crippen LogP contribution < -0.4 is 0 Å². The van der Waals surface area contributed by atoms with E-state index in [0.29, 0.717) is 6.10 Å². The van der Waals surface area contributed by atoms with Crippen molar-refractivity contribution in [3.8, 4) is 0 Å². The Labute approximate surface area is 86.4 Å². The Hall–Kier alpha value is -0.120. The molecule has 2 saturated heterocycles. The van der Waals surface area contributed by atoms with Crippen molar-refractivity contribution in [2.24, 2.45) is 5.92 Å². The summed E-state index contributed by atoms with van der Waals surface area (Å²) in [7, 11) is 0. The third-order valence-electron chi connectivity index (χ3n) is 3.16. The van der Waals surface area contributed by atoms with Crippen molar-refractivity contribution in [1.29, 1.82) is 0 Å². The number of morpholine rings is 1. The fourth-order valence-electron chi connectivity index (χ4n) is 2.15. The summed E-state index contributed by atoms with van der Waals surface area (Å²) in [5, 5.41) is 0. The highest BCUT2D eigenvalue weighted by Crippen LogP contribution is 2.19. The Kier molecular flexibility index (Phi) is 3.79. The van der Waals surface area contributed by atoms with Gasteiger partial charge in [-0.2, -0.15) is 0 Å². The molecule has 0 N–H and O–H groups in total. The second kappa shape index (κ2) is 5.10. The summed E-state index contributed by atoms with van der Waals surface area (Å²) in [5.74, 6) is 0.760. The molecule has 0 amide bonds. The maximum atomic E-state index is 5.81. The lowest BCUT2D eigenvalue weighted by Crippen LogP contribution is -2.43. The summed E-state index contributed by atoms with van der Waals surface area (Å²) in [4.78, 5) is 2.46. The van der Waals surface area contributed by atoms with Crippen LogP contribution in [0.2, 0.25) is 0 Å². The van der Waals surface area contributed by atoms with Crippen molar-refractivity contribution in [3.63, 3.8) is 0 Å². The number of ether oxygens (including phenoxy) is 2. The fraction of sp³-hybridized carbons (Fsp3) is 1.00. The zero-order chi connectivity index (χ0) is 9.80. The molecule has 82 valence electrons. The molecule has 2 fully saturated rings. The Morgan fingerprint density at radius 3 is 2.64 bits per heavy atom. The summed E-state index contributed by atoms with van der Waals surface area (Å²) in [6.07, 6.45) is 3.04. The van der Waals surface area contributed by atoms with Gasteiger partial charge < -0.3 is 9.47 Å². The molecular formula is C11H21NO2. The van der Waals surface area contributed by atoms with Crippen LogP contribution in [0, 0.1) is 5.92 Å². The highest BCUT2D eigenvalue weighted by atomic mass is 16.5. The van der Waals surface area contributed by atoms with E-state index in [1.165, 1.54) is 12.8 Å². The molecule has 14 heavy (non-hydrogen) atoms. The lowest BCUT2D eigenvalue weighted by molar-refractivity contribution is -0.0458. The van der Waals surface area contributed by atoms with Crippen molar-refractivity contribution in [1.82, 2.24) is 4.90 Å². The Balaban J connectivity index is 1.68. The van der Waals surface area contributed by atoms with Crippen molar-refractivity contribution < 1.29 is 9.47 Å². The molecule has 0 radical (unpaired) electrons. The lowest BCUT2D eigenvalue weighted by atomic mass is 10.00. The van der Waals surface area contributed by atoms with Gasteiger partial charge >= 0.3 is 0 Å². The molecule has 3 heteroatoms. The van der Waals surface area contributed by atoms with Gasteiger partial charge in [-0.05, 0) is 18.8 Å². The molecule has 2 unspecified atom stereocenters. The smallest absolute Gasteiger partial charge is 0.0702 e. The number of hydrogen-bond acceptors (Lipinski definition) is 3. The zero-order valence-electron chi connectivity index (χ0n) is 9.08. The van der Waals surface area contributed by atoms with Gasteiger partial charge in [-0.3, -0.25) is 4.90 Å². The molecule has 2 heterocycles. The molecule has 0 bridgehead atoms. The molecule has 2 atom stereocenters. The van der Waals surface area contributed by atoms with Crippen LogP contribution in [-0.2, 0) is 9.47 Å². The van der Waals surface area contributed by atoms with Crippen molar-refractivity contribution >= 4 is 0 Å². The minimum atomic E-state index is 0.476. The van der Waals surface area contributed by atoms with Gasteiger partial charge in [0.05, 0.1) is 19.3 Å². The van der Waals surface area contributed by atoms with E-state index in [9.17, 15) is 0 Å². The molecule has 3 nitrogen and oxygen atoms in total. The number of rotatable bonds is 2. The molecule has 0 aromatic rings. The topological polar surface area (TPSA) is 21.7 Å². The Morgan fingerprint density at radius 1 is 1.21 bits per heavy atom. The van der Waals surface area contributed by atoms with Crippen LogP contribution in [0.1, 0.15) is 19.8 Å². The lowest BCUT2D eigenvalue weighted by Gasteiger charge is -2.33. The van der Waals surface area contributed by atoms with Gasteiger partial charge in [0.25, 0.3) is 0 Å². The largest absolute Gasteiger partial charge is 0.379 e. The van der Waals surface area contributed by atoms with E-state index in [1.54, 1.807) is 0 Å². The summed E-state index contributed by atoms with van der Waals surface area (Å²) < 4.78 is 11.1. The Bertz CT molecular complexity index is 161. The Morgan fingerprint density at radius 2 is 2.00 bits per heavy atom. The zero-order valence-corrected chi connectivity index (χ0v) is 9.08. The highest BCUT2D eigenvalue weighted by Gasteiger charge is 2.21. The summed E-state index contributed by atoms with van der Waals surface area (Å²) in [5.41, 5.74) is 0. The summed E-state index contributed by atoms with van der Waals surface area (Å²) in [6.45, 7) is 8.27. The van der Waals surface area contributed by atoms with E-state index in [-0.39, 0.29) is 0 Å². The molecule has 0 aliphatic carbocycles. The molecule has 0 saturated carbocycles. The van der Waals surface area contributed by atoms with Gasteiger partial charge in [0.2, 0.25) is 0 Å². The van der Waals surface area contributed by atoms with E-state index in [1.807, 2.05) is 0 Å². The van der Waals surface area contributed by atoms with E-state index in [4.69, 9.17) is 9.47 Å². The van der Waals surface area contributed by atoms with Gasteiger partial charge in [0.15, 0.2) is 0 Å². The predicted molar refractivity (Wildman–Crippen MR) is 55.4 cm³/mol. The van der Waals surface area contributed by atoms with Gasteiger partial charge in [-0.15, -0.1) is 0 Å². The van der Waals surface area contributed by atoms with Crippen LogP contribution in [0.4, 0.5) is 0 Å². The summed E-state index contributed by atoms with van der Waals surface area (Å²) >= 11 is 0. The highest BCUT2D eigenvalue weighted by molar-refractivity contribution is 4.73. The van der Waals surface area contributed by atoms with E-state index >= 15 is 0 Å².